The summed E-state index contributed by atoms with van der Waals surface area (Å²) in [4.78, 5) is 25.5. The molecule has 0 aromatic heterocycles. The Kier molecular flexibility index (Phi) is 13.1. The lowest BCUT2D eigenvalue weighted by Crippen LogP contribution is -2.51. The first kappa shape index (κ1) is 30.5. The number of carbonyl (C=O) groups excluding carboxylic acids is 1. The Morgan fingerprint density at radius 3 is 2.00 bits per heavy atom. The molecule has 0 spiro atoms. The Morgan fingerprint density at radius 1 is 1.00 bits per heavy atom. The molecular formula is C28H37Cl2NO4S. The number of halogens is 2. The van der Waals surface area contributed by atoms with E-state index in [1.807, 2.05) is 42.5 Å². The van der Waals surface area contributed by atoms with Crippen LogP contribution in [0.25, 0.3) is 0 Å². The molecule has 1 heterocycles. The third kappa shape index (κ3) is 11.5. The first-order valence-electron chi connectivity index (χ1n) is 12.3. The fraction of sp³-hybridized carbons (Fsp3) is 0.500. The highest BCUT2D eigenvalue weighted by Gasteiger charge is 2.37. The van der Waals surface area contributed by atoms with Gasteiger partial charge in [-0.2, -0.15) is 11.8 Å². The average molecular weight is 555 g/mol. The van der Waals surface area contributed by atoms with Crippen LogP contribution in [0.4, 0.5) is 0 Å². The summed E-state index contributed by atoms with van der Waals surface area (Å²) < 4.78 is 5.67. The Labute approximate surface area is 229 Å². The van der Waals surface area contributed by atoms with Gasteiger partial charge in [-0.15, -0.1) is 0 Å². The zero-order valence-corrected chi connectivity index (χ0v) is 23.6. The van der Waals surface area contributed by atoms with Crippen LogP contribution in [0.5, 0.6) is 0 Å². The standard InChI is InChI=1S/C18H24ClNO4S.C6H5Cl.C4H8/c1-18(2,3)25-9-8-20-14(12-4-6-13(19)7-5-12)11-24-15(17(20)23)10-16(21)22;7-6-4-2-1-3-5-6;1-2-4-3-1/h4-7,14-15H,8-11H2,1-3H3,(H,21,22);1-5H;1-4H2. The number of nitrogens with zero attached hydrogens (tertiary/aromatic N) is 1. The van der Waals surface area contributed by atoms with Gasteiger partial charge in [0.2, 0.25) is 0 Å². The number of hydrogen-bond donors (Lipinski definition) is 1. The van der Waals surface area contributed by atoms with Crippen LogP contribution in [0.1, 0.15) is 64.5 Å². The van der Waals surface area contributed by atoms with E-state index in [0.29, 0.717) is 11.6 Å². The molecule has 2 fully saturated rings. The second-order valence-electron chi connectivity index (χ2n) is 9.69. The summed E-state index contributed by atoms with van der Waals surface area (Å²) >= 11 is 13.3. The molecule has 2 unspecified atom stereocenters. The maximum Gasteiger partial charge on any atom is 0.306 e. The maximum atomic E-state index is 12.8. The van der Waals surface area contributed by atoms with Crippen LogP contribution in [0.3, 0.4) is 0 Å². The molecule has 0 radical (unpaired) electrons. The van der Waals surface area contributed by atoms with E-state index in [9.17, 15) is 9.59 Å². The predicted octanol–water partition coefficient (Wildman–Crippen LogP) is 7.52. The number of rotatable bonds is 6. The van der Waals surface area contributed by atoms with Crippen molar-refractivity contribution >= 4 is 46.8 Å². The van der Waals surface area contributed by atoms with Gasteiger partial charge in [0.1, 0.15) is 6.10 Å². The van der Waals surface area contributed by atoms with E-state index in [0.717, 1.165) is 16.3 Å². The lowest BCUT2D eigenvalue weighted by Gasteiger charge is -2.39. The minimum absolute atomic E-state index is 0.103. The highest BCUT2D eigenvalue weighted by atomic mass is 35.5. The third-order valence-corrected chi connectivity index (χ3v) is 7.36. The first-order valence-corrected chi connectivity index (χ1v) is 14.0. The van der Waals surface area contributed by atoms with E-state index < -0.39 is 12.1 Å². The molecule has 2 aliphatic rings. The molecule has 2 aromatic rings. The molecule has 198 valence electrons. The smallest absolute Gasteiger partial charge is 0.306 e. The Bertz CT molecular complexity index is 927. The number of ether oxygens (including phenoxy) is 1. The van der Waals surface area contributed by atoms with Gasteiger partial charge in [-0.05, 0) is 29.8 Å². The Balaban J connectivity index is 0.000000337. The van der Waals surface area contributed by atoms with Crippen molar-refractivity contribution in [1.82, 2.24) is 4.90 Å². The van der Waals surface area contributed by atoms with Crippen LogP contribution in [-0.4, -0.2) is 51.6 Å². The molecule has 1 amide bonds. The third-order valence-electron chi connectivity index (χ3n) is 5.61. The van der Waals surface area contributed by atoms with Crippen molar-refractivity contribution in [3.63, 3.8) is 0 Å². The highest BCUT2D eigenvalue weighted by molar-refractivity contribution is 8.00. The molecule has 8 heteroatoms. The average Bonchev–Trinajstić information content (AvgIpc) is 2.76. The number of aliphatic carboxylic acids is 1. The van der Waals surface area contributed by atoms with Crippen molar-refractivity contribution in [2.75, 3.05) is 18.9 Å². The molecule has 5 nitrogen and oxygen atoms in total. The summed E-state index contributed by atoms with van der Waals surface area (Å²) in [6.45, 7) is 7.22. The molecule has 4 rings (SSSR count). The van der Waals surface area contributed by atoms with Crippen molar-refractivity contribution in [1.29, 1.82) is 0 Å². The minimum atomic E-state index is -1.03. The lowest BCUT2D eigenvalue weighted by molar-refractivity contribution is -0.165. The number of thioether (sulfide) groups is 1. The number of hydrogen-bond acceptors (Lipinski definition) is 4. The molecule has 1 N–H and O–H groups in total. The summed E-state index contributed by atoms with van der Waals surface area (Å²) in [7, 11) is 0. The number of carboxylic acids is 1. The van der Waals surface area contributed by atoms with Crippen molar-refractivity contribution in [3.8, 4) is 0 Å². The molecule has 2 aromatic carbocycles. The molecule has 0 bridgehead atoms. The topological polar surface area (TPSA) is 66.8 Å². The van der Waals surface area contributed by atoms with E-state index in [4.69, 9.17) is 33.0 Å². The normalized spacial score (nSPS) is 19.2. The van der Waals surface area contributed by atoms with E-state index in [-0.39, 0.29) is 29.7 Å². The minimum Gasteiger partial charge on any atom is -0.481 e. The second kappa shape index (κ2) is 15.5. The monoisotopic (exact) mass is 553 g/mol. The summed E-state index contributed by atoms with van der Waals surface area (Å²) in [5.41, 5.74) is 0.937. The van der Waals surface area contributed by atoms with Gasteiger partial charge in [-0.25, -0.2) is 0 Å². The van der Waals surface area contributed by atoms with Gasteiger partial charge in [0.15, 0.2) is 0 Å². The number of carboxylic acid groups (broad SMARTS) is 1. The van der Waals surface area contributed by atoms with Crippen molar-refractivity contribution in [3.05, 3.63) is 70.2 Å². The number of carbonyl (C=O) groups is 2. The summed E-state index contributed by atoms with van der Waals surface area (Å²) in [5, 5.41) is 10.4. The molecule has 1 aliphatic carbocycles. The van der Waals surface area contributed by atoms with Crippen LogP contribution >= 0.6 is 35.0 Å². The van der Waals surface area contributed by atoms with Crippen LogP contribution < -0.4 is 0 Å². The summed E-state index contributed by atoms with van der Waals surface area (Å²) in [5.74, 6) is -0.519. The van der Waals surface area contributed by atoms with Gasteiger partial charge >= 0.3 is 5.97 Å². The summed E-state index contributed by atoms with van der Waals surface area (Å²) in [6, 6.07) is 16.5. The highest BCUT2D eigenvalue weighted by Crippen LogP contribution is 2.30. The van der Waals surface area contributed by atoms with Crippen molar-refractivity contribution in [2.45, 2.75) is 69.8 Å². The maximum absolute atomic E-state index is 12.8. The number of morpholine rings is 1. The van der Waals surface area contributed by atoms with E-state index in [1.165, 1.54) is 25.7 Å². The van der Waals surface area contributed by atoms with Gasteiger partial charge in [0.05, 0.1) is 19.1 Å². The van der Waals surface area contributed by atoms with Gasteiger partial charge in [-0.1, -0.05) is 100.0 Å². The molecule has 1 saturated carbocycles. The Hall–Kier alpha value is -1.73. The SMILES string of the molecule is C1CCC1.CC(C)(C)SCCN1C(=O)C(CC(=O)O)OCC1c1ccc(Cl)cc1.Clc1ccccc1. The van der Waals surface area contributed by atoms with E-state index >= 15 is 0 Å². The van der Waals surface area contributed by atoms with Crippen molar-refractivity contribution in [2.24, 2.45) is 0 Å². The van der Waals surface area contributed by atoms with Gasteiger partial charge in [0.25, 0.3) is 5.91 Å². The molecular weight excluding hydrogens is 517 g/mol. The predicted molar refractivity (Wildman–Crippen MR) is 150 cm³/mol. The largest absolute Gasteiger partial charge is 0.481 e. The molecule has 1 saturated heterocycles. The fourth-order valence-corrected chi connectivity index (χ4v) is 4.53. The summed E-state index contributed by atoms with van der Waals surface area (Å²) in [6.07, 6.45) is 4.77. The Morgan fingerprint density at radius 2 is 1.56 bits per heavy atom. The van der Waals surface area contributed by atoms with E-state index in [2.05, 4.69) is 20.8 Å². The van der Waals surface area contributed by atoms with Crippen LogP contribution in [0.2, 0.25) is 10.0 Å². The zero-order valence-electron chi connectivity index (χ0n) is 21.3. The molecule has 36 heavy (non-hydrogen) atoms. The molecule has 2 atom stereocenters. The zero-order chi connectivity index (χ0) is 26.6. The van der Waals surface area contributed by atoms with Crippen LogP contribution in [-0.2, 0) is 14.3 Å². The first-order chi connectivity index (χ1) is 17.1. The van der Waals surface area contributed by atoms with Gasteiger partial charge in [-0.3, -0.25) is 9.59 Å². The quantitative estimate of drug-likeness (QED) is 0.400. The van der Waals surface area contributed by atoms with Crippen LogP contribution in [0.15, 0.2) is 54.6 Å². The van der Waals surface area contributed by atoms with Gasteiger partial charge < -0.3 is 14.7 Å². The van der Waals surface area contributed by atoms with Crippen molar-refractivity contribution < 1.29 is 19.4 Å². The van der Waals surface area contributed by atoms with E-state index in [1.54, 1.807) is 28.8 Å². The lowest BCUT2D eigenvalue weighted by atomic mass is 10.0. The van der Waals surface area contributed by atoms with Crippen LogP contribution in [0, 0.1) is 0 Å². The fourth-order valence-electron chi connectivity index (χ4n) is 3.35. The van der Waals surface area contributed by atoms with Gasteiger partial charge in [0, 0.05) is 27.1 Å². The number of benzene rings is 2. The second-order valence-corrected chi connectivity index (χ2v) is 12.5. The number of amides is 1. The molecule has 1 aliphatic heterocycles.